The van der Waals surface area contributed by atoms with Crippen LogP contribution >= 0.6 is 0 Å². The molecule has 8 heavy (non-hydrogen) atoms. The molecule has 0 aromatic heterocycles. The second kappa shape index (κ2) is 3.30. The summed E-state index contributed by atoms with van der Waals surface area (Å²) in [6.45, 7) is 7.62. The molecule has 0 aliphatic heterocycles. The first-order valence-electron chi connectivity index (χ1n) is 2.72. The molecule has 0 saturated carbocycles. The lowest BCUT2D eigenvalue weighted by molar-refractivity contribution is 1.08. The van der Waals surface area contributed by atoms with E-state index in [4.69, 9.17) is 5.73 Å². The van der Waals surface area contributed by atoms with E-state index in [0.717, 1.165) is 12.1 Å². The highest BCUT2D eigenvalue weighted by molar-refractivity contribution is 5.06. The average molecular weight is 111 g/mol. The largest absolute Gasteiger partial charge is 0.402 e. The van der Waals surface area contributed by atoms with Gasteiger partial charge in [0.05, 0.1) is 0 Å². The third-order valence-corrected chi connectivity index (χ3v) is 0.999. The fourth-order valence-corrected chi connectivity index (χ4v) is 0.460. The van der Waals surface area contributed by atoms with Gasteiger partial charge in [-0.05, 0) is 13.8 Å². The molecule has 2 N–H and O–H groups in total. The Morgan fingerprint density at radius 1 is 1.75 bits per heavy atom. The number of hydrogen-bond donors (Lipinski definition) is 1. The number of allylic oxidation sites excluding steroid dienone is 2. The fourth-order valence-electron chi connectivity index (χ4n) is 0.460. The van der Waals surface area contributed by atoms with Gasteiger partial charge in [-0.3, -0.25) is 0 Å². The van der Waals surface area contributed by atoms with Gasteiger partial charge in [0, 0.05) is 12.1 Å². The monoisotopic (exact) mass is 111 g/mol. The fraction of sp³-hybridized carbons (Fsp3) is 0.429. The van der Waals surface area contributed by atoms with Crippen LogP contribution in [0.1, 0.15) is 20.3 Å². The van der Waals surface area contributed by atoms with E-state index in [0.29, 0.717) is 0 Å². The standard InChI is InChI=1S/C7H13N/c1-4-6(2)5-7(3)8/h4H,3,5,8H2,1-2H3/b6-4-. The summed E-state index contributed by atoms with van der Waals surface area (Å²) in [4.78, 5) is 0. The maximum atomic E-state index is 5.33. The zero-order valence-corrected chi connectivity index (χ0v) is 5.57. The number of nitrogens with two attached hydrogens (primary N) is 1. The molecule has 0 amide bonds. The van der Waals surface area contributed by atoms with Gasteiger partial charge in [-0.15, -0.1) is 0 Å². The summed E-state index contributed by atoms with van der Waals surface area (Å²) in [7, 11) is 0. The molecular formula is C7H13N. The highest BCUT2D eigenvalue weighted by atomic mass is 14.6. The Hall–Kier alpha value is -0.720. The molecule has 0 aliphatic rings. The van der Waals surface area contributed by atoms with Crippen LogP contribution in [0.2, 0.25) is 0 Å². The summed E-state index contributed by atoms with van der Waals surface area (Å²) in [6.07, 6.45) is 2.87. The molecule has 0 radical (unpaired) electrons. The van der Waals surface area contributed by atoms with Crippen molar-refractivity contribution in [2.75, 3.05) is 0 Å². The zero-order chi connectivity index (χ0) is 6.57. The van der Waals surface area contributed by atoms with Crippen molar-refractivity contribution in [1.82, 2.24) is 0 Å². The first-order valence-corrected chi connectivity index (χ1v) is 2.72. The number of hydrogen-bond acceptors (Lipinski definition) is 1. The minimum Gasteiger partial charge on any atom is -0.402 e. The van der Waals surface area contributed by atoms with Crippen LogP contribution in [0, 0.1) is 0 Å². The molecule has 0 aliphatic carbocycles. The van der Waals surface area contributed by atoms with Crippen molar-refractivity contribution in [2.24, 2.45) is 5.73 Å². The first kappa shape index (κ1) is 7.28. The van der Waals surface area contributed by atoms with Crippen LogP contribution in [0.5, 0.6) is 0 Å². The Morgan fingerprint density at radius 2 is 2.25 bits per heavy atom. The summed E-state index contributed by atoms with van der Waals surface area (Å²) < 4.78 is 0. The van der Waals surface area contributed by atoms with Gasteiger partial charge in [-0.1, -0.05) is 18.2 Å². The van der Waals surface area contributed by atoms with Gasteiger partial charge in [0.25, 0.3) is 0 Å². The normalized spacial score (nSPS) is 11.5. The van der Waals surface area contributed by atoms with Gasteiger partial charge in [-0.25, -0.2) is 0 Å². The van der Waals surface area contributed by atoms with E-state index in [2.05, 4.69) is 6.58 Å². The minimum absolute atomic E-state index is 0.737. The Balaban J connectivity index is 3.56. The summed E-state index contributed by atoms with van der Waals surface area (Å²) >= 11 is 0. The van der Waals surface area contributed by atoms with Gasteiger partial charge in [0.1, 0.15) is 0 Å². The molecule has 0 aromatic carbocycles. The van der Waals surface area contributed by atoms with Gasteiger partial charge < -0.3 is 5.73 Å². The molecule has 0 atom stereocenters. The highest BCUT2D eigenvalue weighted by Gasteiger charge is 1.85. The second-order valence-electron chi connectivity index (χ2n) is 1.97. The van der Waals surface area contributed by atoms with Crippen molar-refractivity contribution in [3.8, 4) is 0 Å². The zero-order valence-electron chi connectivity index (χ0n) is 5.57. The van der Waals surface area contributed by atoms with Crippen LogP contribution in [0.15, 0.2) is 23.9 Å². The van der Waals surface area contributed by atoms with E-state index in [1.54, 1.807) is 0 Å². The summed E-state index contributed by atoms with van der Waals surface area (Å²) in [5.74, 6) is 0. The molecule has 0 unspecified atom stereocenters. The van der Waals surface area contributed by atoms with Crippen molar-refractivity contribution in [3.05, 3.63) is 23.9 Å². The Kier molecular flexibility index (Phi) is 3.01. The lowest BCUT2D eigenvalue weighted by atomic mass is 10.2. The summed E-state index contributed by atoms with van der Waals surface area (Å²) in [5, 5.41) is 0. The lowest BCUT2D eigenvalue weighted by Gasteiger charge is -1.95. The first-order chi connectivity index (χ1) is 3.66. The van der Waals surface area contributed by atoms with E-state index in [1.165, 1.54) is 5.57 Å². The van der Waals surface area contributed by atoms with Crippen molar-refractivity contribution in [1.29, 1.82) is 0 Å². The molecule has 46 valence electrons. The van der Waals surface area contributed by atoms with Crippen LogP contribution in [0.25, 0.3) is 0 Å². The average Bonchev–Trinajstić information content (AvgIpc) is 1.65. The Bertz CT molecular complexity index is 112. The maximum Gasteiger partial charge on any atom is 0.00706 e. The van der Waals surface area contributed by atoms with Gasteiger partial charge in [0.15, 0.2) is 0 Å². The van der Waals surface area contributed by atoms with Crippen molar-refractivity contribution in [3.63, 3.8) is 0 Å². The predicted octanol–water partition coefficient (Wildman–Crippen LogP) is 1.82. The van der Waals surface area contributed by atoms with E-state index >= 15 is 0 Å². The molecule has 0 rings (SSSR count). The lowest BCUT2D eigenvalue weighted by Crippen LogP contribution is -1.94. The summed E-state index contributed by atoms with van der Waals surface area (Å²) in [5.41, 5.74) is 7.35. The third kappa shape index (κ3) is 3.47. The molecular weight excluding hydrogens is 98.1 g/mol. The molecule has 0 saturated heterocycles. The van der Waals surface area contributed by atoms with E-state index in [-0.39, 0.29) is 0 Å². The van der Waals surface area contributed by atoms with Crippen LogP contribution in [-0.4, -0.2) is 0 Å². The van der Waals surface area contributed by atoms with Crippen LogP contribution in [0.4, 0.5) is 0 Å². The van der Waals surface area contributed by atoms with Crippen LogP contribution in [0.3, 0.4) is 0 Å². The van der Waals surface area contributed by atoms with Gasteiger partial charge in [-0.2, -0.15) is 0 Å². The molecule has 0 heterocycles. The molecule has 0 fully saturated rings. The summed E-state index contributed by atoms with van der Waals surface area (Å²) in [6, 6.07) is 0. The topological polar surface area (TPSA) is 26.0 Å². The molecule has 0 aromatic rings. The van der Waals surface area contributed by atoms with Crippen molar-refractivity contribution >= 4 is 0 Å². The van der Waals surface area contributed by atoms with E-state index in [9.17, 15) is 0 Å². The van der Waals surface area contributed by atoms with Crippen LogP contribution < -0.4 is 5.73 Å². The third-order valence-electron chi connectivity index (χ3n) is 0.999. The molecule has 1 heteroatoms. The van der Waals surface area contributed by atoms with E-state index in [1.807, 2.05) is 19.9 Å². The number of rotatable bonds is 2. The Labute approximate surface area is 50.9 Å². The minimum atomic E-state index is 0.737. The SMILES string of the molecule is C=C(N)C/C(C)=C\C. The Morgan fingerprint density at radius 3 is 2.38 bits per heavy atom. The molecule has 1 nitrogen and oxygen atoms in total. The van der Waals surface area contributed by atoms with Gasteiger partial charge >= 0.3 is 0 Å². The van der Waals surface area contributed by atoms with Crippen molar-refractivity contribution in [2.45, 2.75) is 20.3 Å². The van der Waals surface area contributed by atoms with Gasteiger partial charge in [0.2, 0.25) is 0 Å². The van der Waals surface area contributed by atoms with Crippen molar-refractivity contribution < 1.29 is 0 Å². The second-order valence-corrected chi connectivity index (χ2v) is 1.97. The quantitative estimate of drug-likeness (QED) is 0.540. The maximum absolute atomic E-state index is 5.33. The smallest absolute Gasteiger partial charge is 0.00706 e. The molecule has 0 spiro atoms. The molecule has 0 bridgehead atoms. The highest BCUT2D eigenvalue weighted by Crippen LogP contribution is 2.01. The van der Waals surface area contributed by atoms with E-state index < -0.39 is 0 Å². The predicted molar refractivity (Wildman–Crippen MR) is 37.4 cm³/mol. The van der Waals surface area contributed by atoms with Crippen LogP contribution in [-0.2, 0) is 0 Å².